The number of phenols is 1. The molecule has 1 amide bonds. The van der Waals surface area contributed by atoms with E-state index in [2.05, 4.69) is 26.1 Å². The Morgan fingerprint density at radius 2 is 1.73 bits per heavy atom. The monoisotopic (exact) mass is 297 g/mol. The Labute approximate surface area is 132 Å². The van der Waals surface area contributed by atoms with Crippen LogP contribution in [0.15, 0.2) is 48.5 Å². The smallest absolute Gasteiger partial charge is 0.251 e. The lowest BCUT2D eigenvalue weighted by molar-refractivity contribution is 0.0949. The third-order valence-electron chi connectivity index (χ3n) is 3.49. The van der Waals surface area contributed by atoms with Crippen LogP contribution in [0.25, 0.3) is 11.1 Å². The largest absolute Gasteiger partial charge is 0.508 e. The number of hydrogen-bond acceptors (Lipinski definition) is 2. The topological polar surface area (TPSA) is 49.3 Å². The quantitative estimate of drug-likeness (QED) is 0.887. The predicted molar refractivity (Wildman–Crippen MR) is 89.9 cm³/mol. The van der Waals surface area contributed by atoms with E-state index in [0.717, 1.165) is 17.5 Å². The van der Waals surface area contributed by atoms with Gasteiger partial charge in [-0.25, -0.2) is 0 Å². The Morgan fingerprint density at radius 1 is 1.05 bits per heavy atom. The van der Waals surface area contributed by atoms with Gasteiger partial charge in [-0.2, -0.15) is 0 Å². The summed E-state index contributed by atoms with van der Waals surface area (Å²) >= 11 is 0. The van der Waals surface area contributed by atoms with Gasteiger partial charge < -0.3 is 10.4 Å². The first-order valence-electron chi connectivity index (χ1n) is 7.53. The Morgan fingerprint density at radius 3 is 2.32 bits per heavy atom. The Bertz CT molecular complexity index is 639. The van der Waals surface area contributed by atoms with Gasteiger partial charge in [-0.05, 0) is 47.2 Å². The van der Waals surface area contributed by atoms with Crippen LogP contribution in [0.2, 0.25) is 0 Å². The molecule has 0 aliphatic carbocycles. The molecule has 0 unspecified atom stereocenters. The summed E-state index contributed by atoms with van der Waals surface area (Å²) in [5, 5.41) is 12.5. The molecule has 0 heterocycles. The van der Waals surface area contributed by atoms with Gasteiger partial charge in [-0.15, -0.1) is 0 Å². The second-order valence-electron chi connectivity index (χ2n) is 6.69. The molecule has 0 aromatic heterocycles. The summed E-state index contributed by atoms with van der Waals surface area (Å²) < 4.78 is 0. The van der Waals surface area contributed by atoms with Crippen molar-refractivity contribution >= 4 is 5.91 Å². The van der Waals surface area contributed by atoms with Gasteiger partial charge in [-0.1, -0.05) is 45.0 Å². The average molecular weight is 297 g/mol. The summed E-state index contributed by atoms with van der Waals surface area (Å²) in [7, 11) is 0. The zero-order valence-electron chi connectivity index (χ0n) is 13.4. The molecule has 0 fully saturated rings. The molecule has 0 saturated heterocycles. The number of aromatic hydroxyl groups is 1. The predicted octanol–water partition coefficient (Wildman–Crippen LogP) is 4.23. The van der Waals surface area contributed by atoms with Crippen molar-refractivity contribution in [2.75, 3.05) is 6.54 Å². The van der Waals surface area contributed by atoms with Crippen molar-refractivity contribution < 1.29 is 9.90 Å². The number of phenolic OH excluding ortho intramolecular Hbond substituents is 1. The molecule has 0 radical (unpaired) electrons. The Balaban J connectivity index is 2.01. The summed E-state index contributed by atoms with van der Waals surface area (Å²) in [4.78, 5) is 12.1. The van der Waals surface area contributed by atoms with E-state index in [4.69, 9.17) is 0 Å². The van der Waals surface area contributed by atoms with Gasteiger partial charge in [-0.3, -0.25) is 4.79 Å². The second kappa shape index (κ2) is 6.65. The number of amides is 1. The van der Waals surface area contributed by atoms with E-state index in [0.29, 0.717) is 12.1 Å². The minimum Gasteiger partial charge on any atom is -0.508 e. The van der Waals surface area contributed by atoms with Gasteiger partial charge in [0.2, 0.25) is 0 Å². The molecule has 0 saturated carbocycles. The van der Waals surface area contributed by atoms with Crippen LogP contribution in [0.1, 0.15) is 37.6 Å². The maximum absolute atomic E-state index is 12.1. The van der Waals surface area contributed by atoms with E-state index < -0.39 is 0 Å². The molecule has 0 aliphatic heterocycles. The van der Waals surface area contributed by atoms with Crippen LogP contribution in [0.5, 0.6) is 5.75 Å². The van der Waals surface area contributed by atoms with Crippen LogP contribution < -0.4 is 5.32 Å². The molecule has 2 aromatic rings. The van der Waals surface area contributed by atoms with E-state index in [1.807, 2.05) is 30.3 Å². The summed E-state index contributed by atoms with van der Waals surface area (Å²) in [6, 6.07) is 14.5. The molecule has 0 atom stereocenters. The molecule has 116 valence electrons. The van der Waals surface area contributed by atoms with Crippen LogP contribution in [-0.4, -0.2) is 17.6 Å². The lowest BCUT2D eigenvalue weighted by atomic mass is 9.92. The van der Waals surface area contributed by atoms with Crippen LogP contribution in [0, 0.1) is 5.41 Å². The molecule has 22 heavy (non-hydrogen) atoms. The fraction of sp³-hybridized carbons (Fsp3) is 0.316. The highest BCUT2D eigenvalue weighted by Gasteiger charge is 2.11. The third kappa shape index (κ3) is 4.62. The average Bonchev–Trinajstić information content (AvgIpc) is 2.46. The third-order valence-corrected chi connectivity index (χ3v) is 3.49. The van der Waals surface area contributed by atoms with Crippen molar-refractivity contribution in [2.24, 2.45) is 5.41 Å². The Kier molecular flexibility index (Phi) is 4.86. The van der Waals surface area contributed by atoms with Crippen molar-refractivity contribution in [3.8, 4) is 16.9 Å². The van der Waals surface area contributed by atoms with Crippen LogP contribution in [-0.2, 0) is 0 Å². The molecular formula is C19H23NO2. The van der Waals surface area contributed by atoms with Gasteiger partial charge in [0.05, 0.1) is 0 Å². The highest BCUT2D eigenvalue weighted by molar-refractivity contribution is 5.94. The van der Waals surface area contributed by atoms with Gasteiger partial charge in [0.1, 0.15) is 5.75 Å². The minimum absolute atomic E-state index is 0.0493. The molecular weight excluding hydrogens is 274 g/mol. The minimum atomic E-state index is -0.0493. The molecule has 3 nitrogen and oxygen atoms in total. The lowest BCUT2D eigenvalue weighted by Gasteiger charge is -2.18. The van der Waals surface area contributed by atoms with Gasteiger partial charge in [0.25, 0.3) is 5.91 Å². The van der Waals surface area contributed by atoms with Crippen molar-refractivity contribution in [2.45, 2.75) is 27.2 Å². The highest BCUT2D eigenvalue weighted by Crippen LogP contribution is 2.23. The van der Waals surface area contributed by atoms with E-state index >= 15 is 0 Å². The summed E-state index contributed by atoms with van der Waals surface area (Å²) in [5.74, 6) is 0.188. The number of benzene rings is 2. The number of hydrogen-bond donors (Lipinski definition) is 2. The fourth-order valence-corrected chi connectivity index (χ4v) is 2.15. The number of rotatable bonds is 4. The molecule has 3 heteroatoms. The molecule has 0 aliphatic rings. The first-order valence-corrected chi connectivity index (χ1v) is 7.53. The number of nitrogens with one attached hydrogen (secondary N) is 1. The number of carbonyl (C=O) groups excluding carboxylic acids is 1. The van der Waals surface area contributed by atoms with Gasteiger partial charge >= 0.3 is 0 Å². The van der Waals surface area contributed by atoms with Crippen LogP contribution in [0.4, 0.5) is 0 Å². The molecule has 0 spiro atoms. The summed E-state index contributed by atoms with van der Waals surface area (Å²) in [6.07, 6.45) is 0.945. The summed E-state index contributed by atoms with van der Waals surface area (Å²) in [5.41, 5.74) is 2.77. The molecule has 2 aromatic carbocycles. The normalized spacial score (nSPS) is 11.2. The zero-order valence-corrected chi connectivity index (χ0v) is 13.4. The van der Waals surface area contributed by atoms with Gasteiger partial charge in [0.15, 0.2) is 0 Å². The van der Waals surface area contributed by atoms with Crippen molar-refractivity contribution in [1.82, 2.24) is 5.32 Å². The Hall–Kier alpha value is -2.29. The van der Waals surface area contributed by atoms with Crippen molar-refractivity contribution in [3.05, 3.63) is 54.1 Å². The maximum Gasteiger partial charge on any atom is 0.251 e. The second-order valence-corrected chi connectivity index (χ2v) is 6.69. The standard InChI is InChI=1S/C19H23NO2/c1-19(2,3)11-12-20-18(22)15-9-7-14(8-10-15)16-5-4-6-17(21)13-16/h4-10,13,21H,11-12H2,1-3H3,(H,20,22). The van der Waals surface area contributed by atoms with Crippen molar-refractivity contribution in [3.63, 3.8) is 0 Å². The SMILES string of the molecule is CC(C)(C)CCNC(=O)c1ccc(-c2cccc(O)c2)cc1. The molecule has 2 rings (SSSR count). The first-order chi connectivity index (χ1) is 10.3. The highest BCUT2D eigenvalue weighted by atomic mass is 16.3. The molecule has 2 N–H and O–H groups in total. The first kappa shape index (κ1) is 16.1. The maximum atomic E-state index is 12.1. The summed E-state index contributed by atoms with van der Waals surface area (Å²) in [6.45, 7) is 7.15. The van der Waals surface area contributed by atoms with Crippen molar-refractivity contribution in [1.29, 1.82) is 0 Å². The zero-order chi connectivity index (χ0) is 16.2. The lowest BCUT2D eigenvalue weighted by Crippen LogP contribution is -2.27. The van der Waals surface area contributed by atoms with E-state index in [1.165, 1.54) is 0 Å². The van der Waals surface area contributed by atoms with E-state index in [1.54, 1.807) is 18.2 Å². The molecule has 0 bridgehead atoms. The van der Waals surface area contributed by atoms with Crippen LogP contribution in [0.3, 0.4) is 0 Å². The number of carbonyl (C=O) groups is 1. The fourth-order valence-electron chi connectivity index (χ4n) is 2.15. The van der Waals surface area contributed by atoms with E-state index in [9.17, 15) is 9.90 Å². The van der Waals surface area contributed by atoms with Crippen LogP contribution >= 0.6 is 0 Å². The van der Waals surface area contributed by atoms with E-state index in [-0.39, 0.29) is 17.1 Å². The van der Waals surface area contributed by atoms with Gasteiger partial charge in [0, 0.05) is 12.1 Å².